The van der Waals surface area contributed by atoms with Gasteiger partial charge in [-0.15, -0.1) is 0 Å². The van der Waals surface area contributed by atoms with Crippen LogP contribution in [0.2, 0.25) is 10.0 Å². The number of pyridine rings is 1. The number of esters is 3. The number of anilines is 1. The molecule has 3 aromatic carbocycles. The number of piperidine rings is 3. The molecule has 0 amide bonds. The van der Waals surface area contributed by atoms with Crippen molar-refractivity contribution in [1.82, 2.24) is 9.88 Å². The molecule has 2 bridgehead atoms. The number of carbonyl (C=O) groups is 3. The second-order valence-electron chi connectivity index (χ2n) is 14.4. The Balaban J connectivity index is 1.03. The summed E-state index contributed by atoms with van der Waals surface area (Å²) in [6.45, 7) is -0.802. The Morgan fingerprint density at radius 2 is 1.63 bits per heavy atom. The van der Waals surface area contributed by atoms with Gasteiger partial charge in [-0.1, -0.05) is 65.7 Å². The van der Waals surface area contributed by atoms with Gasteiger partial charge in [-0.3, -0.25) is 9.88 Å². The molecule has 3 saturated heterocycles. The first-order valence-electron chi connectivity index (χ1n) is 18.8. The number of hydrogen-bond acceptors (Lipinski definition) is 11. The summed E-state index contributed by atoms with van der Waals surface area (Å²) in [5, 5.41) is 3.66. The van der Waals surface area contributed by atoms with Gasteiger partial charge >= 0.3 is 24.5 Å². The SMILES string of the molecule is O=C(COC(=O)c1cccc(NC(C(=O)O[C@H]2CN3CCC2CC3)c2ccccc2)c1)O[C@@H](Cc1c(Cl)cncc1Cl)c1ccc(OC(F)F)c(OCC2CC2)c1. The summed E-state index contributed by atoms with van der Waals surface area (Å²) in [6, 6.07) is 18.9. The number of hydrogen-bond donors (Lipinski definition) is 1. The smallest absolute Gasteiger partial charge is 0.387 e. The number of alkyl halides is 2. The first-order valence-corrected chi connectivity index (χ1v) is 19.6. The van der Waals surface area contributed by atoms with E-state index in [0.29, 0.717) is 47.4 Å². The van der Waals surface area contributed by atoms with Crippen LogP contribution < -0.4 is 14.8 Å². The molecule has 300 valence electrons. The Kier molecular flexibility index (Phi) is 13.1. The molecule has 1 N–H and O–H groups in total. The zero-order valence-electron chi connectivity index (χ0n) is 30.8. The second kappa shape index (κ2) is 18.5. The van der Waals surface area contributed by atoms with Gasteiger partial charge < -0.3 is 29.0 Å². The minimum atomic E-state index is -3.09. The number of ether oxygens (including phenoxy) is 5. The van der Waals surface area contributed by atoms with Gasteiger partial charge in [0.05, 0.1) is 22.2 Å². The van der Waals surface area contributed by atoms with Crippen LogP contribution in [0.5, 0.6) is 11.5 Å². The molecule has 0 spiro atoms. The summed E-state index contributed by atoms with van der Waals surface area (Å²) in [4.78, 5) is 46.5. The summed E-state index contributed by atoms with van der Waals surface area (Å²) < 4.78 is 54.2. The zero-order chi connectivity index (χ0) is 39.9. The highest BCUT2D eigenvalue weighted by Crippen LogP contribution is 2.38. The van der Waals surface area contributed by atoms with E-state index in [2.05, 4.69) is 19.9 Å². The van der Waals surface area contributed by atoms with E-state index >= 15 is 0 Å². The average Bonchev–Trinajstić information content (AvgIpc) is 4.05. The fourth-order valence-corrected chi connectivity index (χ4v) is 7.58. The highest BCUT2D eigenvalue weighted by atomic mass is 35.5. The van der Waals surface area contributed by atoms with E-state index in [9.17, 15) is 23.2 Å². The Labute approximate surface area is 338 Å². The summed E-state index contributed by atoms with van der Waals surface area (Å²) in [5.74, 6) is -1.63. The van der Waals surface area contributed by atoms with Crippen LogP contribution in [-0.2, 0) is 30.2 Å². The number of fused-ring (bicyclic) bond motifs is 3. The molecular formula is C42H41Cl2F2N3O8. The maximum atomic E-state index is 13.7. The predicted molar refractivity (Wildman–Crippen MR) is 207 cm³/mol. The maximum Gasteiger partial charge on any atom is 0.387 e. The summed E-state index contributed by atoms with van der Waals surface area (Å²) in [5.41, 5.74) is 2.05. The number of benzene rings is 3. The molecule has 4 fully saturated rings. The lowest BCUT2D eigenvalue weighted by Crippen LogP contribution is -2.52. The fraction of sp³-hybridized carbons (Fsp3) is 0.381. The first-order chi connectivity index (χ1) is 27.6. The Hall–Kier alpha value is -4.98. The number of nitrogens with zero attached hydrogens (tertiary/aromatic N) is 2. The maximum absolute atomic E-state index is 13.7. The van der Waals surface area contributed by atoms with Gasteiger partial charge in [-0.25, -0.2) is 14.4 Å². The number of aromatic nitrogens is 1. The van der Waals surface area contributed by atoms with E-state index in [1.54, 1.807) is 12.1 Å². The number of nitrogens with one attached hydrogen (secondary N) is 1. The van der Waals surface area contributed by atoms with Crippen molar-refractivity contribution in [3.63, 3.8) is 0 Å². The standard InChI is InChI=1S/C42H41Cl2F2N3O8/c43-32-20-47-21-33(44)31(32)19-35(28-11-12-34(57-42(45)46)36(18-28)53-23-25-9-10-25)55-38(50)24-54-40(51)29-7-4-8-30(17-29)48-39(27-5-2-1-3-6-27)41(52)56-37-22-49-15-13-26(37)14-16-49/h1-8,11-12,17-18,20-21,25-26,35,37,39,42,48H,9-10,13-16,19,22-24H2/t35-,37-,39?/m0/s1. The average molecular weight is 825 g/mol. The third-order valence-electron chi connectivity index (χ3n) is 10.3. The van der Waals surface area contributed by atoms with E-state index in [-0.39, 0.29) is 39.6 Å². The molecule has 1 saturated carbocycles. The van der Waals surface area contributed by atoms with Crippen molar-refractivity contribution in [1.29, 1.82) is 0 Å². The van der Waals surface area contributed by atoms with Crippen LogP contribution >= 0.6 is 23.2 Å². The third kappa shape index (κ3) is 10.7. The van der Waals surface area contributed by atoms with E-state index in [1.807, 2.05) is 30.3 Å². The molecule has 3 atom stereocenters. The van der Waals surface area contributed by atoms with Crippen molar-refractivity contribution < 1.29 is 46.8 Å². The van der Waals surface area contributed by atoms with Crippen molar-refractivity contribution in [3.8, 4) is 11.5 Å². The van der Waals surface area contributed by atoms with Crippen molar-refractivity contribution in [2.75, 3.05) is 38.2 Å². The first kappa shape index (κ1) is 40.2. The van der Waals surface area contributed by atoms with Gasteiger partial charge in [0.1, 0.15) is 12.2 Å². The molecule has 11 nitrogen and oxygen atoms in total. The van der Waals surface area contributed by atoms with E-state index < -0.39 is 43.3 Å². The van der Waals surface area contributed by atoms with Gasteiger partial charge in [0, 0.05) is 31.0 Å². The molecule has 4 aliphatic rings. The van der Waals surface area contributed by atoms with E-state index in [0.717, 1.165) is 38.8 Å². The Morgan fingerprint density at radius 1 is 0.877 bits per heavy atom. The lowest BCUT2D eigenvalue weighted by molar-refractivity contribution is -0.160. The van der Waals surface area contributed by atoms with Crippen LogP contribution in [0.1, 0.15) is 64.9 Å². The van der Waals surface area contributed by atoms with Crippen LogP contribution in [0.25, 0.3) is 0 Å². The van der Waals surface area contributed by atoms with Crippen molar-refractivity contribution in [2.45, 2.75) is 57.0 Å². The Morgan fingerprint density at radius 3 is 2.32 bits per heavy atom. The van der Waals surface area contributed by atoms with Crippen molar-refractivity contribution in [2.24, 2.45) is 11.8 Å². The predicted octanol–water partition coefficient (Wildman–Crippen LogP) is 8.25. The van der Waals surface area contributed by atoms with Crippen LogP contribution in [0.4, 0.5) is 14.5 Å². The van der Waals surface area contributed by atoms with Gasteiger partial charge in [-0.05, 0) is 97.6 Å². The highest BCUT2D eigenvalue weighted by molar-refractivity contribution is 6.35. The molecular weight excluding hydrogens is 783 g/mol. The quantitative estimate of drug-likeness (QED) is 0.0818. The van der Waals surface area contributed by atoms with E-state index in [4.69, 9.17) is 42.1 Å². The summed E-state index contributed by atoms with van der Waals surface area (Å²) >= 11 is 12.8. The third-order valence-corrected chi connectivity index (χ3v) is 11.0. The lowest BCUT2D eigenvalue weighted by Gasteiger charge is -2.44. The van der Waals surface area contributed by atoms with E-state index in [1.165, 1.54) is 42.7 Å². The number of rotatable bonds is 17. The van der Waals surface area contributed by atoms with Crippen molar-refractivity contribution in [3.05, 3.63) is 117 Å². The van der Waals surface area contributed by atoms with Crippen LogP contribution in [-0.4, -0.2) is 73.4 Å². The number of carbonyl (C=O) groups excluding carboxylic acids is 3. The van der Waals surface area contributed by atoms with Crippen LogP contribution in [0.15, 0.2) is 85.2 Å². The molecule has 1 aromatic heterocycles. The molecule has 1 unspecified atom stereocenters. The fourth-order valence-electron chi connectivity index (χ4n) is 7.06. The molecule has 4 heterocycles. The molecule has 57 heavy (non-hydrogen) atoms. The highest BCUT2D eigenvalue weighted by Gasteiger charge is 2.38. The minimum Gasteiger partial charge on any atom is -0.489 e. The molecule has 8 rings (SSSR count). The lowest BCUT2D eigenvalue weighted by atomic mass is 9.86. The second-order valence-corrected chi connectivity index (χ2v) is 15.2. The van der Waals surface area contributed by atoms with Gasteiger partial charge in [0.15, 0.2) is 24.1 Å². The molecule has 3 aliphatic heterocycles. The van der Waals surface area contributed by atoms with Gasteiger partial charge in [0.25, 0.3) is 0 Å². The molecule has 1 aliphatic carbocycles. The Bertz CT molecular complexity index is 2030. The van der Waals surface area contributed by atoms with Crippen LogP contribution in [0.3, 0.4) is 0 Å². The van der Waals surface area contributed by atoms with Crippen LogP contribution in [0, 0.1) is 11.8 Å². The molecule has 4 aromatic rings. The molecule has 0 radical (unpaired) electrons. The minimum absolute atomic E-state index is 0.0324. The molecule has 15 heteroatoms. The zero-order valence-corrected chi connectivity index (χ0v) is 32.3. The summed E-state index contributed by atoms with van der Waals surface area (Å²) in [6.07, 6.45) is 5.41. The largest absolute Gasteiger partial charge is 0.489 e. The van der Waals surface area contributed by atoms with Crippen molar-refractivity contribution >= 4 is 46.8 Å². The van der Waals surface area contributed by atoms with Gasteiger partial charge in [-0.2, -0.15) is 8.78 Å². The summed E-state index contributed by atoms with van der Waals surface area (Å²) in [7, 11) is 0. The number of halogens is 4. The van der Waals surface area contributed by atoms with Gasteiger partial charge in [0.2, 0.25) is 0 Å². The monoisotopic (exact) mass is 823 g/mol. The topological polar surface area (TPSA) is 126 Å². The normalized spacial score (nSPS) is 19.6.